The molecule has 1 heterocycles. The number of hydrogen-bond acceptors (Lipinski definition) is 5. The van der Waals surface area contributed by atoms with Gasteiger partial charge >= 0.3 is 0 Å². The summed E-state index contributed by atoms with van der Waals surface area (Å²) in [6.45, 7) is 0. The van der Waals surface area contributed by atoms with Crippen LogP contribution in [0.3, 0.4) is 0 Å². The minimum Gasteiger partial charge on any atom is -0.350 e. The Hall–Kier alpha value is -1.27. The van der Waals surface area contributed by atoms with Gasteiger partial charge in [-0.15, -0.1) is 11.8 Å². The molecule has 1 aliphatic heterocycles. The Kier molecular flexibility index (Phi) is 4.01. The molecule has 1 aromatic carbocycles. The van der Waals surface area contributed by atoms with Crippen LogP contribution in [0.25, 0.3) is 5.57 Å². The van der Waals surface area contributed by atoms with Gasteiger partial charge in [0, 0.05) is 31.3 Å². The number of rotatable bonds is 3. The number of thioether (sulfide) groups is 1. The van der Waals surface area contributed by atoms with Gasteiger partial charge in [-0.05, 0) is 24.0 Å². The minimum absolute atomic E-state index is 0.110. The van der Waals surface area contributed by atoms with Crippen molar-refractivity contribution in [3.05, 3.63) is 36.0 Å². The lowest BCUT2D eigenvalue weighted by Gasteiger charge is -2.25. The summed E-state index contributed by atoms with van der Waals surface area (Å²) >= 11 is 1.66. The van der Waals surface area contributed by atoms with E-state index in [-0.39, 0.29) is 5.50 Å². The van der Waals surface area contributed by atoms with E-state index >= 15 is 0 Å². The van der Waals surface area contributed by atoms with Gasteiger partial charge in [0.1, 0.15) is 0 Å². The zero-order valence-electron chi connectivity index (χ0n) is 11.1. The smallest absolute Gasteiger partial charge is 0.175 e. The molecule has 1 aliphatic rings. The van der Waals surface area contributed by atoms with Crippen molar-refractivity contribution in [3.8, 4) is 0 Å². The van der Waals surface area contributed by atoms with Crippen LogP contribution in [0.5, 0.6) is 0 Å². The maximum absolute atomic E-state index is 11.4. The largest absolute Gasteiger partial charge is 0.350 e. The Labute approximate surface area is 118 Å². The molecule has 6 heteroatoms. The van der Waals surface area contributed by atoms with Gasteiger partial charge in [0.15, 0.2) is 15.3 Å². The topological polar surface area (TPSA) is 49.7 Å². The molecule has 4 nitrogen and oxygen atoms in total. The molecule has 0 N–H and O–H groups in total. The van der Waals surface area contributed by atoms with E-state index in [0.29, 0.717) is 4.90 Å². The number of aliphatic imine (C=N–C) groups is 1. The van der Waals surface area contributed by atoms with Crippen LogP contribution in [0.1, 0.15) is 5.56 Å². The van der Waals surface area contributed by atoms with E-state index in [2.05, 4.69) is 4.99 Å². The van der Waals surface area contributed by atoms with Gasteiger partial charge < -0.3 is 4.90 Å². The van der Waals surface area contributed by atoms with Gasteiger partial charge in [0.05, 0.1) is 4.90 Å². The molecule has 0 saturated heterocycles. The van der Waals surface area contributed by atoms with Crippen molar-refractivity contribution in [3.63, 3.8) is 0 Å². The predicted molar refractivity (Wildman–Crippen MR) is 81.1 cm³/mol. The van der Waals surface area contributed by atoms with Crippen LogP contribution in [0.4, 0.5) is 0 Å². The molecule has 0 amide bonds. The highest BCUT2D eigenvalue weighted by atomic mass is 32.2. The van der Waals surface area contributed by atoms with Crippen molar-refractivity contribution in [2.24, 2.45) is 4.99 Å². The van der Waals surface area contributed by atoms with Gasteiger partial charge in [-0.2, -0.15) is 0 Å². The number of benzene rings is 1. The van der Waals surface area contributed by atoms with E-state index in [1.165, 1.54) is 6.26 Å². The van der Waals surface area contributed by atoms with Crippen molar-refractivity contribution in [1.82, 2.24) is 4.90 Å². The van der Waals surface area contributed by atoms with Crippen molar-refractivity contribution in [2.45, 2.75) is 10.4 Å². The SMILES string of the molecule is CSC1N=CC(c2ccc(S(C)(=O)=O)cc2)=CN1C. The highest BCUT2D eigenvalue weighted by molar-refractivity contribution is 7.99. The lowest BCUT2D eigenvalue weighted by atomic mass is 10.1. The van der Waals surface area contributed by atoms with Crippen LogP contribution >= 0.6 is 11.8 Å². The zero-order valence-corrected chi connectivity index (χ0v) is 12.7. The van der Waals surface area contributed by atoms with Crippen LogP contribution in [-0.4, -0.2) is 44.6 Å². The van der Waals surface area contributed by atoms with Crippen molar-refractivity contribution in [2.75, 3.05) is 19.6 Å². The first-order valence-electron chi connectivity index (χ1n) is 5.72. The summed E-state index contributed by atoms with van der Waals surface area (Å²) in [5, 5.41) is 0. The fourth-order valence-electron chi connectivity index (χ4n) is 1.84. The maximum atomic E-state index is 11.4. The van der Waals surface area contributed by atoms with E-state index in [0.717, 1.165) is 11.1 Å². The first-order valence-corrected chi connectivity index (χ1v) is 8.90. The molecule has 2 rings (SSSR count). The monoisotopic (exact) mass is 296 g/mol. The summed E-state index contributed by atoms with van der Waals surface area (Å²) in [5.41, 5.74) is 2.05. The highest BCUT2D eigenvalue weighted by Crippen LogP contribution is 2.23. The lowest BCUT2D eigenvalue weighted by molar-refractivity contribution is 0.438. The number of nitrogens with zero attached hydrogens (tertiary/aromatic N) is 2. The van der Waals surface area contributed by atoms with E-state index in [4.69, 9.17) is 0 Å². The average Bonchev–Trinajstić information content (AvgIpc) is 2.38. The van der Waals surface area contributed by atoms with Crippen molar-refractivity contribution >= 4 is 33.4 Å². The molecule has 1 aromatic rings. The molecule has 0 radical (unpaired) electrons. The van der Waals surface area contributed by atoms with E-state index < -0.39 is 9.84 Å². The Morgan fingerprint density at radius 1 is 1.26 bits per heavy atom. The molecular formula is C13H16N2O2S2. The third-order valence-corrected chi connectivity index (χ3v) is 4.86. The quantitative estimate of drug-likeness (QED) is 0.857. The number of allylic oxidation sites excluding steroid dienone is 1. The van der Waals surface area contributed by atoms with Gasteiger partial charge in [-0.1, -0.05) is 12.1 Å². The summed E-state index contributed by atoms with van der Waals surface area (Å²) in [4.78, 5) is 6.80. The Balaban J connectivity index is 2.27. The summed E-state index contributed by atoms with van der Waals surface area (Å²) in [6, 6.07) is 6.86. The molecule has 102 valence electrons. The minimum atomic E-state index is -3.14. The van der Waals surface area contributed by atoms with Crippen LogP contribution < -0.4 is 0 Å². The first kappa shape index (κ1) is 14.1. The molecule has 0 aliphatic carbocycles. The Morgan fingerprint density at radius 3 is 2.37 bits per heavy atom. The third kappa shape index (κ3) is 3.19. The van der Waals surface area contributed by atoms with Crippen LogP contribution in [0.2, 0.25) is 0 Å². The summed E-state index contributed by atoms with van der Waals surface area (Å²) in [5.74, 6) is 0. The van der Waals surface area contributed by atoms with Gasteiger partial charge in [0.2, 0.25) is 0 Å². The van der Waals surface area contributed by atoms with Crippen LogP contribution in [-0.2, 0) is 9.84 Å². The Bertz CT molecular complexity index is 619. The van der Waals surface area contributed by atoms with E-state index in [1.807, 2.05) is 42.8 Å². The first-order chi connectivity index (χ1) is 8.91. The fourth-order valence-corrected chi connectivity index (χ4v) is 3.04. The summed E-state index contributed by atoms with van der Waals surface area (Å²) in [6.07, 6.45) is 7.07. The number of hydrogen-bond donors (Lipinski definition) is 0. The van der Waals surface area contributed by atoms with Crippen molar-refractivity contribution in [1.29, 1.82) is 0 Å². The molecule has 0 bridgehead atoms. The second kappa shape index (κ2) is 5.38. The molecular weight excluding hydrogens is 280 g/mol. The fraction of sp³-hybridized carbons (Fsp3) is 0.308. The van der Waals surface area contributed by atoms with Gasteiger partial charge in [0.25, 0.3) is 0 Å². The molecule has 1 unspecified atom stereocenters. The molecule has 0 spiro atoms. The molecule has 0 saturated carbocycles. The van der Waals surface area contributed by atoms with E-state index in [1.54, 1.807) is 23.9 Å². The lowest BCUT2D eigenvalue weighted by Crippen LogP contribution is -2.25. The summed E-state index contributed by atoms with van der Waals surface area (Å²) in [7, 11) is -1.17. The predicted octanol–water partition coefficient (Wildman–Crippen LogP) is 2.09. The summed E-state index contributed by atoms with van der Waals surface area (Å²) < 4.78 is 22.8. The molecule has 0 aromatic heterocycles. The second-order valence-corrected chi connectivity index (χ2v) is 7.30. The maximum Gasteiger partial charge on any atom is 0.175 e. The molecule has 19 heavy (non-hydrogen) atoms. The van der Waals surface area contributed by atoms with Gasteiger partial charge in [-0.25, -0.2) is 8.42 Å². The zero-order chi connectivity index (χ0) is 14.0. The third-order valence-electron chi connectivity index (χ3n) is 2.86. The van der Waals surface area contributed by atoms with Crippen molar-refractivity contribution < 1.29 is 8.42 Å². The molecule has 1 atom stereocenters. The number of sulfone groups is 1. The normalized spacial score (nSPS) is 19.4. The second-order valence-electron chi connectivity index (χ2n) is 4.39. The average molecular weight is 296 g/mol. The Morgan fingerprint density at radius 2 is 1.89 bits per heavy atom. The highest BCUT2D eigenvalue weighted by Gasteiger charge is 2.14. The standard InChI is InChI=1S/C13H16N2O2S2/c1-15-9-11(8-14-13(15)18-2)10-4-6-12(7-5-10)19(3,16)17/h4-9,13H,1-3H3. The van der Waals surface area contributed by atoms with E-state index in [9.17, 15) is 8.42 Å². The molecule has 0 fully saturated rings. The van der Waals surface area contributed by atoms with Crippen LogP contribution in [0, 0.1) is 0 Å². The van der Waals surface area contributed by atoms with Crippen LogP contribution in [0.15, 0.2) is 40.4 Å². The van der Waals surface area contributed by atoms with Gasteiger partial charge in [-0.3, -0.25) is 4.99 Å².